The van der Waals surface area contributed by atoms with Gasteiger partial charge in [0.25, 0.3) is 0 Å². The maximum absolute atomic E-state index is 13.3. The molecule has 1 saturated carbocycles. The van der Waals surface area contributed by atoms with Gasteiger partial charge in [0, 0.05) is 11.1 Å². The first kappa shape index (κ1) is 18.6. The van der Waals surface area contributed by atoms with Gasteiger partial charge in [0.2, 0.25) is 5.91 Å². The molecule has 1 aromatic carbocycles. The van der Waals surface area contributed by atoms with E-state index in [-0.39, 0.29) is 18.1 Å². The van der Waals surface area contributed by atoms with E-state index in [1.54, 1.807) is 26.0 Å². The Kier molecular flexibility index (Phi) is 4.67. The summed E-state index contributed by atoms with van der Waals surface area (Å²) in [4.78, 5) is 12.4. The quantitative estimate of drug-likeness (QED) is 0.683. The van der Waals surface area contributed by atoms with E-state index in [0.717, 1.165) is 41.6 Å². The Morgan fingerprint density at radius 3 is 2.57 bits per heavy atom. The second kappa shape index (κ2) is 7.02. The molecule has 0 aliphatic heterocycles. The lowest BCUT2D eigenvalue weighted by molar-refractivity contribution is -0.119. The summed E-state index contributed by atoms with van der Waals surface area (Å²) < 4.78 is 15.2. The monoisotopic (exact) mass is 381 g/mol. The Bertz CT molecular complexity index is 1010. The van der Waals surface area contributed by atoms with E-state index in [9.17, 15) is 14.3 Å². The van der Waals surface area contributed by atoms with Gasteiger partial charge in [-0.15, -0.1) is 5.10 Å². The van der Waals surface area contributed by atoms with Crippen molar-refractivity contribution >= 4 is 17.2 Å². The number of aromatic nitrogens is 2. The highest BCUT2D eigenvalue weighted by Gasteiger charge is 2.29. The Balaban J connectivity index is 1.79. The zero-order chi connectivity index (χ0) is 19.9. The van der Waals surface area contributed by atoms with Crippen molar-refractivity contribution < 1.29 is 14.3 Å². The van der Waals surface area contributed by atoms with E-state index < -0.39 is 5.60 Å². The average molecular weight is 381 g/mol. The van der Waals surface area contributed by atoms with Crippen LogP contribution in [0, 0.1) is 5.82 Å². The minimum atomic E-state index is -1.08. The molecule has 0 spiro atoms. The van der Waals surface area contributed by atoms with Crippen LogP contribution in [0.5, 0.6) is 0 Å². The van der Waals surface area contributed by atoms with Crippen LogP contribution in [-0.2, 0) is 4.79 Å². The van der Waals surface area contributed by atoms with Gasteiger partial charge >= 0.3 is 0 Å². The van der Waals surface area contributed by atoms with Gasteiger partial charge in [0.05, 0.1) is 23.2 Å². The summed E-state index contributed by atoms with van der Waals surface area (Å²) in [5, 5.41) is 17.5. The summed E-state index contributed by atoms with van der Waals surface area (Å²) in [6.45, 7) is 3.21. The molecular weight excluding hydrogens is 357 g/mol. The highest BCUT2D eigenvalue weighted by atomic mass is 19.1. The molecular formula is C22H24FN3O2. The van der Waals surface area contributed by atoms with Crippen LogP contribution in [0.4, 0.5) is 10.2 Å². The number of aliphatic hydroxyl groups is 1. The van der Waals surface area contributed by atoms with Crippen molar-refractivity contribution in [2.75, 3.05) is 5.32 Å². The maximum Gasteiger partial charge on any atom is 0.228 e. The number of carbonyl (C=O) groups is 1. The van der Waals surface area contributed by atoms with E-state index in [1.807, 2.05) is 22.7 Å². The van der Waals surface area contributed by atoms with Crippen LogP contribution in [-0.4, -0.2) is 26.2 Å². The molecule has 0 atom stereocenters. The van der Waals surface area contributed by atoms with Crippen LogP contribution in [0.15, 0.2) is 42.5 Å². The number of amides is 1. The van der Waals surface area contributed by atoms with E-state index in [2.05, 4.69) is 5.32 Å². The first-order chi connectivity index (χ1) is 13.3. The number of halogens is 1. The second-order valence-electron chi connectivity index (χ2n) is 8.14. The van der Waals surface area contributed by atoms with E-state index in [1.165, 1.54) is 12.1 Å². The molecule has 0 saturated heterocycles. The predicted octanol–water partition coefficient (Wildman–Crippen LogP) is 4.51. The summed E-state index contributed by atoms with van der Waals surface area (Å²) in [6.07, 6.45) is 3.29. The smallest absolute Gasteiger partial charge is 0.228 e. The second-order valence-corrected chi connectivity index (χ2v) is 8.14. The molecule has 1 aliphatic rings. The molecule has 1 aliphatic carbocycles. The number of nitrogens with one attached hydrogen (secondary N) is 1. The number of anilines is 1. The van der Waals surface area contributed by atoms with Crippen molar-refractivity contribution in [3.8, 4) is 11.3 Å². The van der Waals surface area contributed by atoms with Crippen LogP contribution < -0.4 is 5.32 Å². The molecule has 2 aromatic heterocycles. The SMILES string of the molecule is CC(C)(O)CC(=O)Nc1nn2c(-c3ccc(F)cc3)cccc2c1C1CCC1. The summed E-state index contributed by atoms with van der Waals surface area (Å²) in [7, 11) is 0. The third-order valence-corrected chi connectivity index (χ3v) is 5.20. The standard InChI is InChI=1S/C22H24FN3O2/c1-22(2,28)13-19(27)24-21-20(15-5-3-6-15)18-8-4-7-17(26(18)25-21)14-9-11-16(23)12-10-14/h4,7-12,15,28H,3,5-6,13H2,1-2H3,(H,24,25,27). The molecule has 1 amide bonds. The van der Waals surface area contributed by atoms with Crippen LogP contribution in [0.25, 0.3) is 16.8 Å². The van der Waals surface area contributed by atoms with Crippen molar-refractivity contribution in [3.63, 3.8) is 0 Å². The lowest BCUT2D eigenvalue weighted by Gasteiger charge is -2.26. The fourth-order valence-corrected chi connectivity index (χ4v) is 3.69. The fourth-order valence-electron chi connectivity index (χ4n) is 3.69. The van der Waals surface area contributed by atoms with Crippen molar-refractivity contribution in [3.05, 3.63) is 53.8 Å². The van der Waals surface area contributed by atoms with Crippen LogP contribution in [0.1, 0.15) is 51.0 Å². The lowest BCUT2D eigenvalue weighted by atomic mass is 9.80. The van der Waals surface area contributed by atoms with Gasteiger partial charge in [-0.3, -0.25) is 4.79 Å². The van der Waals surface area contributed by atoms with Gasteiger partial charge in [0.15, 0.2) is 5.82 Å². The minimum absolute atomic E-state index is 0.00417. The van der Waals surface area contributed by atoms with Crippen LogP contribution in [0.2, 0.25) is 0 Å². The maximum atomic E-state index is 13.3. The summed E-state index contributed by atoms with van der Waals surface area (Å²) in [5.74, 6) is 0.359. The van der Waals surface area contributed by atoms with Crippen LogP contribution in [0.3, 0.4) is 0 Å². The van der Waals surface area contributed by atoms with Gasteiger partial charge in [-0.25, -0.2) is 8.91 Å². The zero-order valence-corrected chi connectivity index (χ0v) is 16.1. The number of carbonyl (C=O) groups excluding carboxylic acids is 1. The third-order valence-electron chi connectivity index (χ3n) is 5.20. The topological polar surface area (TPSA) is 66.6 Å². The Hall–Kier alpha value is -2.73. The Morgan fingerprint density at radius 1 is 1.25 bits per heavy atom. The van der Waals surface area contributed by atoms with E-state index >= 15 is 0 Å². The average Bonchev–Trinajstić information content (AvgIpc) is 2.90. The van der Waals surface area contributed by atoms with Gasteiger partial charge in [-0.1, -0.05) is 12.5 Å². The largest absolute Gasteiger partial charge is 0.390 e. The first-order valence-electron chi connectivity index (χ1n) is 9.62. The number of pyridine rings is 1. The summed E-state index contributed by atoms with van der Waals surface area (Å²) in [6, 6.07) is 12.2. The molecule has 0 radical (unpaired) electrons. The third kappa shape index (κ3) is 3.64. The number of benzene rings is 1. The Labute approximate surface area is 163 Å². The van der Waals surface area contributed by atoms with Gasteiger partial charge in [-0.2, -0.15) is 0 Å². The molecule has 6 heteroatoms. The first-order valence-corrected chi connectivity index (χ1v) is 9.62. The van der Waals surface area contributed by atoms with Crippen molar-refractivity contribution in [1.29, 1.82) is 0 Å². The minimum Gasteiger partial charge on any atom is -0.390 e. The van der Waals surface area contributed by atoms with E-state index in [4.69, 9.17) is 5.10 Å². The van der Waals surface area contributed by atoms with Gasteiger partial charge in [-0.05, 0) is 69.0 Å². The molecule has 2 heterocycles. The van der Waals surface area contributed by atoms with Gasteiger partial charge < -0.3 is 10.4 Å². The molecule has 5 nitrogen and oxygen atoms in total. The molecule has 1 fully saturated rings. The molecule has 146 valence electrons. The van der Waals surface area contributed by atoms with Gasteiger partial charge in [0.1, 0.15) is 5.82 Å². The molecule has 2 N–H and O–H groups in total. The highest BCUT2D eigenvalue weighted by Crippen LogP contribution is 2.42. The summed E-state index contributed by atoms with van der Waals surface area (Å²) >= 11 is 0. The van der Waals surface area contributed by atoms with Crippen molar-refractivity contribution in [2.24, 2.45) is 0 Å². The number of rotatable bonds is 5. The number of hydrogen-bond acceptors (Lipinski definition) is 3. The number of nitrogens with zero attached hydrogens (tertiary/aromatic N) is 2. The molecule has 0 bridgehead atoms. The number of fused-ring (bicyclic) bond motifs is 1. The predicted molar refractivity (Wildman–Crippen MR) is 107 cm³/mol. The highest BCUT2D eigenvalue weighted by molar-refractivity contribution is 5.92. The molecule has 0 unspecified atom stereocenters. The normalized spacial score (nSPS) is 14.9. The fraction of sp³-hybridized carbons (Fsp3) is 0.364. The van der Waals surface area contributed by atoms with Crippen molar-refractivity contribution in [2.45, 2.75) is 51.0 Å². The molecule has 28 heavy (non-hydrogen) atoms. The summed E-state index contributed by atoms with van der Waals surface area (Å²) in [5.41, 5.74) is 2.59. The number of hydrogen-bond donors (Lipinski definition) is 2. The Morgan fingerprint density at radius 2 is 1.96 bits per heavy atom. The van der Waals surface area contributed by atoms with E-state index in [0.29, 0.717) is 11.7 Å². The molecule has 4 rings (SSSR count). The van der Waals surface area contributed by atoms with Crippen molar-refractivity contribution in [1.82, 2.24) is 9.61 Å². The van der Waals surface area contributed by atoms with Crippen LogP contribution >= 0.6 is 0 Å². The lowest BCUT2D eigenvalue weighted by Crippen LogP contribution is -2.27. The molecule has 3 aromatic rings. The zero-order valence-electron chi connectivity index (χ0n) is 16.1.